The third kappa shape index (κ3) is 11.2. The molecule has 1 aromatic carbocycles. The van der Waals surface area contributed by atoms with Crippen LogP contribution in [0.1, 0.15) is 45.6 Å². The lowest BCUT2D eigenvalue weighted by molar-refractivity contribution is -0.0695. The zero-order valence-electron chi connectivity index (χ0n) is 19.0. The van der Waals surface area contributed by atoms with Gasteiger partial charge in [0.15, 0.2) is 0 Å². The van der Waals surface area contributed by atoms with Gasteiger partial charge in [-0.1, -0.05) is 76.5 Å². The Kier molecular flexibility index (Phi) is 12.8. The smallest absolute Gasteiger partial charge is 0.214 e. The number of aliphatic hydroxyl groups is 1. The Hall–Kier alpha value is -1.87. The summed E-state index contributed by atoms with van der Waals surface area (Å²) >= 11 is 6.49. The van der Waals surface area contributed by atoms with Gasteiger partial charge in [0.25, 0.3) is 0 Å². The minimum atomic E-state index is -0.459. The van der Waals surface area contributed by atoms with Crippen molar-refractivity contribution >= 4 is 31.9 Å². The van der Waals surface area contributed by atoms with Gasteiger partial charge in [0.05, 0.1) is 18.8 Å². The van der Waals surface area contributed by atoms with Crippen LogP contribution < -0.4 is 4.74 Å². The van der Waals surface area contributed by atoms with Gasteiger partial charge in [-0.3, -0.25) is 0 Å². The summed E-state index contributed by atoms with van der Waals surface area (Å²) in [5, 5.41) is 8.62. The standard InChI is InChI=1S/C16H16BrNO2.C5H3BrFN.C5H10O.CH4/c17-13-6-7-18-16(8-13)20-15-9-14(10-15)19-11-12-4-2-1-3-5-12;6-4-1-2-8-5(7)3-4;1-4-2-5(6)3-4;/h1-8,14-15H,9-11H2;1-3H;4-6H,2-3H2,1H3;1H4. The quantitative estimate of drug-likeness (QED) is 0.305. The van der Waals surface area contributed by atoms with Crippen LogP contribution in [0.25, 0.3) is 0 Å². The van der Waals surface area contributed by atoms with Crippen LogP contribution in [0.3, 0.4) is 0 Å². The second kappa shape index (κ2) is 15.3. The first-order valence-corrected chi connectivity index (χ1v) is 12.8. The number of hydrogen-bond donors (Lipinski definition) is 1. The zero-order valence-corrected chi connectivity index (χ0v) is 22.2. The predicted octanol–water partition coefficient (Wildman–Crippen LogP) is 7.37. The summed E-state index contributed by atoms with van der Waals surface area (Å²) in [5.41, 5.74) is 1.21. The number of aromatic nitrogens is 2. The van der Waals surface area contributed by atoms with Crippen LogP contribution in [0, 0.1) is 11.9 Å². The Labute approximate surface area is 224 Å². The molecule has 2 heterocycles. The molecule has 2 aromatic heterocycles. The summed E-state index contributed by atoms with van der Waals surface area (Å²) < 4.78 is 25.4. The van der Waals surface area contributed by atoms with E-state index in [0.29, 0.717) is 23.1 Å². The lowest BCUT2D eigenvalue weighted by atomic mass is 9.84. The maximum Gasteiger partial charge on any atom is 0.214 e. The van der Waals surface area contributed by atoms with Crippen LogP contribution in [-0.2, 0) is 11.3 Å². The number of ether oxygens (including phenoxy) is 2. The van der Waals surface area contributed by atoms with E-state index in [1.807, 2.05) is 30.3 Å². The van der Waals surface area contributed by atoms with Crippen molar-refractivity contribution in [3.8, 4) is 5.88 Å². The van der Waals surface area contributed by atoms with Gasteiger partial charge in [-0.05, 0) is 36.5 Å². The van der Waals surface area contributed by atoms with E-state index in [1.54, 1.807) is 12.3 Å². The Bertz CT molecular complexity index is 977. The minimum absolute atomic E-state index is 0. The van der Waals surface area contributed by atoms with Gasteiger partial charge in [-0.2, -0.15) is 4.39 Å². The fraction of sp³-hybridized carbons (Fsp3) is 0.407. The van der Waals surface area contributed by atoms with E-state index in [4.69, 9.17) is 14.6 Å². The first-order valence-electron chi connectivity index (χ1n) is 11.3. The molecule has 0 atom stereocenters. The number of rotatable bonds is 5. The molecule has 3 aromatic rings. The van der Waals surface area contributed by atoms with E-state index in [-0.39, 0.29) is 19.6 Å². The summed E-state index contributed by atoms with van der Waals surface area (Å²) in [7, 11) is 0. The number of benzene rings is 1. The normalized spacial score (nSPS) is 22.0. The largest absolute Gasteiger partial charge is 0.474 e. The molecule has 0 spiro atoms. The third-order valence-corrected chi connectivity index (χ3v) is 6.39. The van der Waals surface area contributed by atoms with Crippen molar-refractivity contribution in [2.24, 2.45) is 5.92 Å². The topological polar surface area (TPSA) is 64.5 Å². The van der Waals surface area contributed by atoms with Crippen molar-refractivity contribution in [1.82, 2.24) is 9.97 Å². The maximum absolute atomic E-state index is 12.0. The molecule has 0 bridgehead atoms. The number of halogens is 3. The summed E-state index contributed by atoms with van der Waals surface area (Å²) in [5.74, 6) is 1.00. The van der Waals surface area contributed by atoms with E-state index in [1.165, 1.54) is 17.8 Å². The summed E-state index contributed by atoms with van der Waals surface area (Å²) in [6.07, 6.45) is 7.62. The van der Waals surface area contributed by atoms with Gasteiger partial charge in [-0.15, -0.1) is 0 Å². The molecule has 2 aliphatic rings. The molecule has 0 amide bonds. The Morgan fingerprint density at radius 2 is 1.54 bits per heavy atom. The minimum Gasteiger partial charge on any atom is -0.474 e. The highest BCUT2D eigenvalue weighted by Crippen LogP contribution is 2.29. The Morgan fingerprint density at radius 3 is 2.03 bits per heavy atom. The van der Waals surface area contributed by atoms with Crippen LogP contribution in [0.15, 0.2) is 75.9 Å². The molecule has 1 N–H and O–H groups in total. The number of hydrogen-bond acceptors (Lipinski definition) is 5. The number of nitrogens with zero attached hydrogens (tertiary/aromatic N) is 2. The molecule has 8 heteroatoms. The lowest BCUT2D eigenvalue weighted by Crippen LogP contribution is -2.39. The SMILES string of the molecule is Brc1ccnc(OC2CC(OCc3ccccc3)C2)c1.C.CC1CC(O)C1.Fc1cc(Br)ccn1. The number of pyridine rings is 2. The Balaban J connectivity index is 0.000000236. The molecule has 5 nitrogen and oxygen atoms in total. The van der Waals surface area contributed by atoms with Crippen LogP contribution in [0.2, 0.25) is 0 Å². The van der Waals surface area contributed by atoms with E-state index < -0.39 is 5.95 Å². The molecular weight excluding hydrogens is 579 g/mol. The molecule has 2 aliphatic carbocycles. The van der Waals surface area contributed by atoms with Crippen molar-refractivity contribution in [3.05, 3.63) is 87.4 Å². The predicted molar refractivity (Wildman–Crippen MR) is 144 cm³/mol. The Morgan fingerprint density at radius 1 is 0.914 bits per heavy atom. The van der Waals surface area contributed by atoms with E-state index in [9.17, 15) is 4.39 Å². The van der Waals surface area contributed by atoms with Gasteiger partial charge in [0, 0.05) is 46.3 Å². The fourth-order valence-electron chi connectivity index (χ4n) is 3.40. The van der Waals surface area contributed by atoms with Crippen LogP contribution in [-0.4, -0.2) is 33.4 Å². The van der Waals surface area contributed by atoms with Gasteiger partial charge in [0.2, 0.25) is 11.8 Å². The van der Waals surface area contributed by atoms with Gasteiger partial charge in [0.1, 0.15) is 6.10 Å². The molecule has 35 heavy (non-hydrogen) atoms. The molecular formula is C27H33Br2FN2O3. The van der Waals surface area contributed by atoms with Gasteiger partial charge in [-0.25, -0.2) is 9.97 Å². The monoisotopic (exact) mass is 610 g/mol. The van der Waals surface area contributed by atoms with Crippen molar-refractivity contribution in [3.63, 3.8) is 0 Å². The average molecular weight is 612 g/mol. The zero-order chi connectivity index (χ0) is 24.3. The summed E-state index contributed by atoms with van der Waals surface area (Å²) in [6, 6.07) is 17.0. The highest BCUT2D eigenvalue weighted by Gasteiger charge is 2.32. The molecule has 2 fully saturated rings. The summed E-state index contributed by atoms with van der Waals surface area (Å²) in [6.45, 7) is 2.83. The maximum atomic E-state index is 12.0. The summed E-state index contributed by atoms with van der Waals surface area (Å²) in [4.78, 5) is 7.53. The molecule has 0 unspecified atom stereocenters. The van der Waals surface area contributed by atoms with Crippen LogP contribution in [0.5, 0.6) is 5.88 Å². The van der Waals surface area contributed by atoms with Crippen molar-refractivity contribution in [2.75, 3.05) is 0 Å². The second-order valence-electron chi connectivity index (χ2n) is 8.47. The third-order valence-electron chi connectivity index (χ3n) is 5.40. The van der Waals surface area contributed by atoms with Gasteiger partial charge >= 0.3 is 0 Å². The van der Waals surface area contributed by atoms with Crippen LogP contribution >= 0.6 is 31.9 Å². The lowest BCUT2D eigenvalue weighted by Gasteiger charge is -2.34. The van der Waals surface area contributed by atoms with Crippen LogP contribution in [0.4, 0.5) is 4.39 Å². The molecule has 0 saturated heterocycles. The molecule has 0 radical (unpaired) electrons. The van der Waals surface area contributed by atoms with Crippen molar-refractivity contribution in [2.45, 2.75) is 65.0 Å². The van der Waals surface area contributed by atoms with E-state index in [0.717, 1.165) is 36.1 Å². The molecule has 5 rings (SSSR count). The highest BCUT2D eigenvalue weighted by molar-refractivity contribution is 9.10. The average Bonchev–Trinajstić information content (AvgIpc) is 2.76. The van der Waals surface area contributed by atoms with Gasteiger partial charge < -0.3 is 14.6 Å². The molecule has 2 saturated carbocycles. The van der Waals surface area contributed by atoms with E-state index in [2.05, 4.69) is 60.9 Å². The number of aliphatic hydroxyl groups excluding tert-OH is 1. The second-order valence-corrected chi connectivity index (χ2v) is 10.3. The van der Waals surface area contributed by atoms with Crippen molar-refractivity contribution in [1.29, 1.82) is 0 Å². The fourth-order valence-corrected chi connectivity index (χ4v) is 4.02. The van der Waals surface area contributed by atoms with E-state index >= 15 is 0 Å². The molecule has 190 valence electrons. The van der Waals surface area contributed by atoms with Crippen molar-refractivity contribution < 1.29 is 19.0 Å². The first-order chi connectivity index (χ1) is 16.4. The molecule has 0 aliphatic heterocycles. The highest BCUT2D eigenvalue weighted by atomic mass is 79.9. The first kappa shape index (κ1) is 29.4.